The molecule has 0 radical (unpaired) electrons. The average Bonchev–Trinajstić information content (AvgIpc) is 2.86. The number of hydrogen-bond donors (Lipinski definition) is 1. The Hall–Kier alpha value is -1.08. The Balaban J connectivity index is 2.50. The minimum Gasteiger partial charge on any atom is -0.414 e. The Morgan fingerprint density at radius 2 is 2.00 bits per heavy atom. The molecule has 6 nitrogen and oxygen atoms in total. The van der Waals surface area contributed by atoms with E-state index in [9.17, 15) is 4.79 Å². The van der Waals surface area contributed by atoms with Gasteiger partial charge in [-0.1, -0.05) is 25.6 Å². The first-order valence-electron chi connectivity index (χ1n) is 6.97. The minimum atomic E-state index is -0.240. The lowest BCUT2D eigenvalue weighted by Crippen LogP contribution is -2.31. The van der Waals surface area contributed by atoms with Gasteiger partial charge < -0.3 is 15.1 Å². The summed E-state index contributed by atoms with van der Waals surface area (Å²) in [6.07, 6.45) is 0.796. The molecular formula is C13H24N4O2S. The van der Waals surface area contributed by atoms with Crippen LogP contribution in [0.5, 0.6) is 0 Å². The van der Waals surface area contributed by atoms with Crippen molar-refractivity contribution in [2.45, 2.75) is 45.4 Å². The second-order valence-electron chi connectivity index (χ2n) is 5.00. The highest BCUT2D eigenvalue weighted by Crippen LogP contribution is 2.22. The first-order chi connectivity index (χ1) is 9.47. The van der Waals surface area contributed by atoms with Crippen LogP contribution in [0.2, 0.25) is 0 Å². The largest absolute Gasteiger partial charge is 0.414 e. The zero-order valence-electron chi connectivity index (χ0n) is 12.6. The van der Waals surface area contributed by atoms with Crippen molar-refractivity contribution in [2.24, 2.45) is 11.7 Å². The maximum atomic E-state index is 11.9. The second kappa shape index (κ2) is 8.26. The third kappa shape index (κ3) is 5.13. The molecule has 7 heteroatoms. The van der Waals surface area contributed by atoms with Crippen molar-refractivity contribution in [3.63, 3.8) is 0 Å². The monoisotopic (exact) mass is 300 g/mol. The number of nitrogens with two attached hydrogens (primary N) is 1. The second-order valence-corrected chi connectivity index (χ2v) is 5.92. The van der Waals surface area contributed by atoms with Gasteiger partial charge >= 0.3 is 0 Å². The lowest BCUT2D eigenvalue weighted by molar-refractivity contribution is -0.127. The third-order valence-electron chi connectivity index (χ3n) is 2.90. The van der Waals surface area contributed by atoms with Crippen LogP contribution in [-0.4, -0.2) is 39.8 Å². The van der Waals surface area contributed by atoms with E-state index in [0.29, 0.717) is 35.9 Å². The van der Waals surface area contributed by atoms with Crippen molar-refractivity contribution in [3.8, 4) is 0 Å². The number of carbonyl (C=O) groups excluding carboxylic acids is 1. The number of amides is 1. The fourth-order valence-electron chi connectivity index (χ4n) is 1.83. The molecule has 0 spiro atoms. The Morgan fingerprint density at radius 3 is 2.55 bits per heavy atom. The van der Waals surface area contributed by atoms with Crippen LogP contribution < -0.4 is 5.73 Å². The van der Waals surface area contributed by atoms with E-state index in [1.807, 2.05) is 13.8 Å². The smallest absolute Gasteiger partial charge is 0.277 e. The predicted molar refractivity (Wildman–Crippen MR) is 79.3 cm³/mol. The quantitative estimate of drug-likeness (QED) is 0.740. The molecule has 1 atom stereocenters. The SMILES string of the molecule is CCN(CC)C(=O)CSc1nnc(C(N)CC(C)C)o1. The number of rotatable bonds is 8. The number of nitrogens with zero attached hydrogens (tertiary/aromatic N) is 3. The number of aromatic nitrogens is 2. The van der Waals surface area contributed by atoms with Crippen molar-refractivity contribution in [1.29, 1.82) is 0 Å². The highest BCUT2D eigenvalue weighted by molar-refractivity contribution is 7.99. The van der Waals surface area contributed by atoms with Gasteiger partial charge in [-0.3, -0.25) is 4.79 Å². The van der Waals surface area contributed by atoms with Gasteiger partial charge in [0.1, 0.15) is 0 Å². The molecule has 20 heavy (non-hydrogen) atoms. The highest BCUT2D eigenvalue weighted by atomic mass is 32.2. The van der Waals surface area contributed by atoms with Gasteiger partial charge in [0.2, 0.25) is 11.8 Å². The minimum absolute atomic E-state index is 0.0752. The first kappa shape index (κ1) is 17.0. The van der Waals surface area contributed by atoms with E-state index in [0.717, 1.165) is 6.42 Å². The van der Waals surface area contributed by atoms with Gasteiger partial charge in [0.25, 0.3) is 5.22 Å². The molecule has 1 heterocycles. The van der Waals surface area contributed by atoms with Gasteiger partial charge in [0.05, 0.1) is 11.8 Å². The summed E-state index contributed by atoms with van der Waals surface area (Å²) in [5, 5.41) is 8.27. The number of hydrogen-bond acceptors (Lipinski definition) is 6. The number of thioether (sulfide) groups is 1. The molecule has 0 aliphatic carbocycles. The molecule has 114 valence electrons. The van der Waals surface area contributed by atoms with E-state index < -0.39 is 0 Å². The summed E-state index contributed by atoms with van der Waals surface area (Å²) < 4.78 is 5.49. The van der Waals surface area contributed by atoms with Crippen LogP contribution in [0.3, 0.4) is 0 Å². The molecule has 0 aliphatic rings. The maximum absolute atomic E-state index is 11.9. The van der Waals surface area contributed by atoms with Crippen molar-refractivity contribution in [2.75, 3.05) is 18.8 Å². The van der Waals surface area contributed by atoms with Crippen LogP contribution >= 0.6 is 11.8 Å². The summed E-state index contributed by atoms with van der Waals surface area (Å²) >= 11 is 1.26. The maximum Gasteiger partial charge on any atom is 0.277 e. The van der Waals surface area contributed by atoms with Gasteiger partial charge in [-0.15, -0.1) is 10.2 Å². The zero-order valence-corrected chi connectivity index (χ0v) is 13.4. The molecule has 0 aliphatic heterocycles. The van der Waals surface area contributed by atoms with E-state index in [-0.39, 0.29) is 11.9 Å². The van der Waals surface area contributed by atoms with E-state index in [4.69, 9.17) is 10.2 Å². The molecule has 0 bridgehead atoms. The molecule has 1 aromatic rings. The topological polar surface area (TPSA) is 85.2 Å². The molecule has 1 rings (SSSR count). The van der Waals surface area contributed by atoms with Gasteiger partial charge in [-0.2, -0.15) is 0 Å². The van der Waals surface area contributed by atoms with Crippen molar-refractivity contribution < 1.29 is 9.21 Å². The standard InChI is InChI=1S/C13H24N4O2S/c1-5-17(6-2)11(18)8-20-13-16-15-12(19-13)10(14)7-9(3)4/h9-10H,5-8,14H2,1-4H3. The normalized spacial score (nSPS) is 12.7. The molecule has 1 aromatic heterocycles. The highest BCUT2D eigenvalue weighted by Gasteiger charge is 2.17. The van der Waals surface area contributed by atoms with E-state index in [1.54, 1.807) is 4.90 Å². The van der Waals surface area contributed by atoms with Gasteiger partial charge in [-0.25, -0.2) is 0 Å². The average molecular weight is 300 g/mol. The van der Waals surface area contributed by atoms with Crippen LogP contribution in [0.4, 0.5) is 0 Å². The molecular weight excluding hydrogens is 276 g/mol. The third-order valence-corrected chi connectivity index (χ3v) is 3.70. The fourth-order valence-corrected chi connectivity index (χ4v) is 2.50. The molecule has 1 unspecified atom stereocenters. The summed E-state index contributed by atoms with van der Waals surface area (Å²) in [4.78, 5) is 13.6. The van der Waals surface area contributed by atoms with Gasteiger partial charge in [0.15, 0.2) is 0 Å². The Kier molecular flexibility index (Phi) is 7.01. The lowest BCUT2D eigenvalue weighted by Gasteiger charge is -2.17. The number of carbonyl (C=O) groups is 1. The van der Waals surface area contributed by atoms with E-state index in [2.05, 4.69) is 24.0 Å². The summed E-state index contributed by atoms with van der Waals surface area (Å²) in [6.45, 7) is 9.53. The van der Waals surface area contributed by atoms with Crippen LogP contribution in [0, 0.1) is 5.92 Å². The van der Waals surface area contributed by atoms with Crippen molar-refractivity contribution in [3.05, 3.63) is 5.89 Å². The molecule has 1 amide bonds. The zero-order chi connectivity index (χ0) is 15.1. The first-order valence-corrected chi connectivity index (χ1v) is 7.96. The van der Waals surface area contributed by atoms with Crippen molar-refractivity contribution >= 4 is 17.7 Å². The predicted octanol–water partition coefficient (Wildman–Crippen LogP) is 2.08. The van der Waals surface area contributed by atoms with Crippen LogP contribution in [0.25, 0.3) is 0 Å². The summed E-state index contributed by atoms with van der Waals surface area (Å²) in [5.74, 6) is 1.29. The Labute approximate surface area is 124 Å². The summed E-state index contributed by atoms with van der Waals surface area (Å²) in [6, 6.07) is -0.240. The van der Waals surface area contributed by atoms with Crippen molar-refractivity contribution in [1.82, 2.24) is 15.1 Å². The van der Waals surface area contributed by atoms with Gasteiger partial charge in [-0.05, 0) is 26.2 Å². The molecule has 0 aromatic carbocycles. The molecule has 0 saturated carbocycles. The molecule has 0 fully saturated rings. The van der Waals surface area contributed by atoms with E-state index >= 15 is 0 Å². The summed E-state index contributed by atoms with van der Waals surface area (Å²) in [7, 11) is 0. The Morgan fingerprint density at radius 1 is 1.35 bits per heavy atom. The van der Waals surface area contributed by atoms with Crippen LogP contribution in [-0.2, 0) is 4.79 Å². The molecule has 2 N–H and O–H groups in total. The fraction of sp³-hybridized carbons (Fsp3) is 0.769. The van der Waals surface area contributed by atoms with Gasteiger partial charge in [0, 0.05) is 13.1 Å². The summed E-state index contributed by atoms with van der Waals surface area (Å²) in [5.41, 5.74) is 5.98. The lowest BCUT2D eigenvalue weighted by atomic mass is 10.1. The molecule has 0 saturated heterocycles. The van der Waals surface area contributed by atoms with Crippen LogP contribution in [0.15, 0.2) is 9.64 Å². The Bertz CT molecular complexity index is 418. The van der Waals surface area contributed by atoms with Crippen LogP contribution in [0.1, 0.15) is 46.0 Å². The van der Waals surface area contributed by atoms with E-state index in [1.165, 1.54) is 11.8 Å².